The van der Waals surface area contributed by atoms with Gasteiger partial charge in [-0.25, -0.2) is 12.7 Å². The van der Waals surface area contributed by atoms with Crippen LogP contribution in [0.25, 0.3) is 11.1 Å². The van der Waals surface area contributed by atoms with Crippen LogP contribution in [0, 0.1) is 6.92 Å². The lowest BCUT2D eigenvalue weighted by Gasteiger charge is -2.39. The van der Waals surface area contributed by atoms with Crippen molar-refractivity contribution in [2.24, 2.45) is 0 Å². The molecular formula is C35H38N2O3S. The molecule has 0 saturated carbocycles. The summed E-state index contributed by atoms with van der Waals surface area (Å²) in [5, 5.41) is 2.69. The molecule has 8 rings (SSSR count). The van der Waals surface area contributed by atoms with Crippen LogP contribution in [-0.2, 0) is 35.7 Å². The quantitative estimate of drug-likeness (QED) is 0.346. The first-order chi connectivity index (χ1) is 19.8. The predicted molar refractivity (Wildman–Crippen MR) is 164 cm³/mol. The molecule has 3 aromatic rings. The van der Waals surface area contributed by atoms with Crippen molar-refractivity contribution < 1.29 is 13.2 Å². The fourth-order valence-corrected chi connectivity index (χ4v) is 9.25. The van der Waals surface area contributed by atoms with Gasteiger partial charge in [0.05, 0.1) is 4.90 Å². The third-order valence-corrected chi connectivity index (χ3v) is 11.9. The van der Waals surface area contributed by atoms with E-state index in [1.807, 2.05) is 12.1 Å². The van der Waals surface area contributed by atoms with Crippen LogP contribution in [0.4, 0.5) is 5.69 Å². The van der Waals surface area contributed by atoms with E-state index in [2.05, 4.69) is 24.0 Å². The topological polar surface area (TPSA) is 49.9 Å². The maximum atomic E-state index is 13.0. The summed E-state index contributed by atoms with van der Waals surface area (Å²) in [4.78, 5) is 2.93. The Kier molecular flexibility index (Phi) is 5.75. The molecule has 0 radical (unpaired) electrons. The lowest BCUT2D eigenvalue weighted by molar-refractivity contribution is 0.451. The molecule has 2 aliphatic carbocycles. The standard InChI is InChI=1S/C35H38N2O3S/c1-21-18-25(41(38,39)36(2)3)14-15-26(21)32-29-19-23-10-4-8-22-9-5-12-27(31(22)23)34(29)40-35-28-13-7-17-37-16-6-11-24(33(28)37)20-30(32)35/h14-15,18-20H,4-13,16-17H2,1-3H3. The number of anilines is 1. The van der Waals surface area contributed by atoms with E-state index in [0.717, 1.165) is 67.8 Å². The number of ether oxygens (including phenoxy) is 1. The molecule has 0 N–H and O–H groups in total. The number of hydrogen-bond acceptors (Lipinski definition) is 4. The average Bonchev–Trinajstić information content (AvgIpc) is 2.97. The number of rotatable bonds is 3. The van der Waals surface area contributed by atoms with Crippen molar-refractivity contribution in [2.45, 2.75) is 76.0 Å². The van der Waals surface area contributed by atoms with Crippen molar-refractivity contribution in [1.82, 2.24) is 4.31 Å². The number of nitrogens with zero attached hydrogens (tertiary/aromatic N) is 2. The number of benzene rings is 3. The Labute approximate surface area is 243 Å². The van der Waals surface area contributed by atoms with Gasteiger partial charge in [0.1, 0.15) is 11.5 Å². The zero-order chi connectivity index (χ0) is 28.0. The van der Waals surface area contributed by atoms with E-state index in [-0.39, 0.29) is 0 Å². The van der Waals surface area contributed by atoms with Crippen molar-refractivity contribution >= 4 is 26.9 Å². The van der Waals surface area contributed by atoms with Gasteiger partial charge in [0.25, 0.3) is 0 Å². The monoisotopic (exact) mass is 566 g/mol. The zero-order valence-electron chi connectivity index (χ0n) is 24.4. The second kappa shape index (κ2) is 9.20. The fourth-order valence-electron chi connectivity index (χ4n) is 8.26. The Balaban J connectivity index is 1.48. The van der Waals surface area contributed by atoms with Crippen LogP contribution in [0.15, 0.2) is 35.2 Å². The molecule has 0 bridgehead atoms. The molecule has 3 aliphatic heterocycles. The summed E-state index contributed by atoms with van der Waals surface area (Å²) in [5.41, 5.74) is 13.2. The summed E-state index contributed by atoms with van der Waals surface area (Å²) in [5.74, 6) is 2.10. The van der Waals surface area contributed by atoms with E-state index in [4.69, 9.17) is 4.74 Å². The molecule has 0 saturated heterocycles. The van der Waals surface area contributed by atoms with Crippen LogP contribution < -0.4 is 20.1 Å². The van der Waals surface area contributed by atoms with Crippen LogP contribution in [0.3, 0.4) is 0 Å². The van der Waals surface area contributed by atoms with Crippen LogP contribution in [-0.4, -0.2) is 39.9 Å². The van der Waals surface area contributed by atoms with Gasteiger partial charge in [-0.05, 0) is 123 Å². The van der Waals surface area contributed by atoms with E-state index in [1.165, 1.54) is 85.9 Å². The van der Waals surface area contributed by atoms with Crippen molar-refractivity contribution in [2.75, 3.05) is 32.1 Å². The molecule has 0 unspecified atom stereocenters. The Morgan fingerprint density at radius 2 is 1.51 bits per heavy atom. The summed E-state index contributed by atoms with van der Waals surface area (Å²) in [7, 11) is -0.332. The summed E-state index contributed by atoms with van der Waals surface area (Å²) in [6.45, 7) is 4.32. The average molecular weight is 567 g/mol. The van der Waals surface area contributed by atoms with Crippen LogP contribution in [0.1, 0.15) is 77.5 Å². The molecule has 0 spiro atoms. The second-order valence-electron chi connectivity index (χ2n) is 12.8. The molecule has 3 heterocycles. The SMILES string of the molecule is Cc1cc(S(=O)(=O)N(C)C)ccc1C1=c2cc3c4c(c2Oc2c1cc1c5c2CCCN5CCC1)CCCC=4CCC3. The number of sulfonamides is 1. The third kappa shape index (κ3) is 3.72. The summed E-state index contributed by atoms with van der Waals surface area (Å²) >= 11 is 0. The molecule has 3 aromatic carbocycles. The summed E-state index contributed by atoms with van der Waals surface area (Å²) in [6.07, 6.45) is 11.5. The molecule has 0 aromatic heterocycles. The van der Waals surface area contributed by atoms with Crippen molar-refractivity contribution in [3.05, 3.63) is 79.7 Å². The van der Waals surface area contributed by atoms with E-state index in [0.29, 0.717) is 4.90 Å². The maximum Gasteiger partial charge on any atom is 0.242 e. The fraction of sp³-hybridized carbons (Fsp3) is 0.429. The molecule has 5 nitrogen and oxygen atoms in total. The second-order valence-corrected chi connectivity index (χ2v) is 14.9. The first-order valence-electron chi connectivity index (χ1n) is 15.4. The lowest BCUT2D eigenvalue weighted by Crippen LogP contribution is -2.36. The molecular weight excluding hydrogens is 528 g/mol. The highest BCUT2D eigenvalue weighted by atomic mass is 32.2. The summed E-state index contributed by atoms with van der Waals surface area (Å²) in [6, 6.07) is 10.5. The largest absolute Gasteiger partial charge is 0.455 e. The van der Waals surface area contributed by atoms with Gasteiger partial charge < -0.3 is 9.64 Å². The highest BCUT2D eigenvalue weighted by molar-refractivity contribution is 7.89. The highest BCUT2D eigenvalue weighted by Crippen LogP contribution is 2.49. The van der Waals surface area contributed by atoms with Gasteiger partial charge in [-0.1, -0.05) is 11.6 Å². The molecule has 5 aliphatic rings. The first kappa shape index (κ1) is 25.6. The first-order valence-corrected chi connectivity index (χ1v) is 16.8. The molecule has 6 heteroatoms. The molecule has 212 valence electrons. The smallest absolute Gasteiger partial charge is 0.242 e. The zero-order valence-corrected chi connectivity index (χ0v) is 25.2. The van der Waals surface area contributed by atoms with Crippen molar-refractivity contribution in [3.63, 3.8) is 0 Å². The minimum absolute atomic E-state index is 0.341. The van der Waals surface area contributed by atoms with E-state index in [9.17, 15) is 8.42 Å². The van der Waals surface area contributed by atoms with Gasteiger partial charge in [-0.3, -0.25) is 0 Å². The van der Waals surface area contributed by atoms with E-state index < -0.39 is 10.0 Å². The van der Waals surface area contributed by atoms with E-state index >= 15 is 0 Å². The van der Waals surface area contributed by atoms with Crippen molar-refractivity contribution in [3.8, 4) is 11.5 Å². The molecule has 0 fully saturated rings. The van der Waals surface area contributed by atoms with Crippen LogP contribution in [0.5, 0.6) is 11.5 Å². The predicted octanol–water partition coefficient (Wildman–Crippen LogP) is 5.12. The van der Waals surface area contributed by atoms with Gasteiger partial charge >= 0.3 is 0 Å². The van der Waals surface area contributed by atoms with Gasteiger partial charge in [0.15, 0.2) is 0 Å². The summed E-state index contributed by atoms with van der Waals surface area (Å²) < 4.78 is 34.5. The number of hydrogen-bond donors (Lipinski definition) is 0. The maximum absolute atomic E-state index is 13.0. The molecule has 41 heavy (non-hydrogen) atoms. The third-order valence-electron chi connectivity index (χ3n) is 10.1. The number of fused-ring (bicyclic) bond motifs is 4. The van der Waals surface area contributed by atoms with Gasteiger partial charge in [0, 0.05) is 60.4 Å². The lowest BCUT2D eigenvalue weighted by atomic mass is 9.79. The van der Waals surface area contributed by atoms with Crippen molar-refractivity contribution in [1.29, 1.82) is 0 Å². The Hall–Kier alpha value is -3.09. The van der Waals surface area contributed by atoms with Gasteiger partial charge in [0.2, 0.25) is 10.0 Å². The Morgan fingerprint density at radius 3 is 2.29 bits per heavy atom. The van der Waals surface area contributed by atoms with Crippen LogP contribution >= 0.6 is 0 Å². The highest BCUT2D eigenvalue weighted by Gasteiger charge is 2.34. The van der Waals surface area contributed by atoms with Gasteiger partial charge in [-0.15, -0.1) is 0 Å². The normalized spacial score (nSPS) is 18.9. The minimum Gasteiger partial charge on any atom is -0.455 e. The van der Waals surface area contributed by atoms with E-state index in [1.54, 1.807) is 25.7 Å². The Bertz CT molecular complexity index is 1880. The molecule has 0 atom stereocenters. The minimum atomic E-state index is -3.52. The number of aryl methyl sites for hydroxylation is 3. The van der Waals surface area contributed by atoms with Crippen LogP contribution in [0.2, 0.25) is 0 Å². The molecule has 0 amide bonds. The van der Waals surface area contributed by atoms with Gasteiger partial charge in [-0.2, -0.15) is 0 Å². The Morgan fingerprint density at radius 1 is 0.780 bits per heavy atom.